The van der Waals surface area contributed by atoms with Gasteiger partial charge in [0.15, 0.2) is 0 Å². The Morgan fingerprint density at radius 3 is 2.00 bits per heavy atom. The Kier molecular flexibility index (Phi) is 7.41. The lowest BCUT2D eigenvalue weighted by molar-refractivity contribution is 0.240. The Bertz CT molecular complexity index is 876. The smallest absolute Gasteiger partial charge is 0.222 e. The van der Waals surface area contributed by atoms with E-state index in [1.807, 2.05) is 43.3 Å². The molecule has 0 fully saturated rings. The lowest BCUT2D eigenvalue weighted by Gasteiger charge is -2.33. The Hall–Kier alpha value is -2.15. The Morgan fingerprint density at radius 2 is 1.57 bits per heavy atom. The molecule has 1 atom stereocenters. The van der Waals surface area contributed by atoms with Crippen molar-refractivity contribution < 1.29 is 18.3 Å². The van der Waals surface area contributed by atoms with Gasteiger partial charge in [0.25, 0.3) is 0 Å². The zero-order valence-electron chi connectivity index (χ0n) is 16.8. The van der Waals surface area contributed by atoms with Crippen molar-refractivity contribution in [1.29, 1.82) is 0 Å². The topological polar surface area (TPSA) is 66.8 Å². The van der Waals surface area contributed by atoms with Crippen molar-refractivity contribution in [3.63, 3.8) is 0 Å². The Labute approximate surface area is 168 Å². The van der Waals surface area contributed by atoms with Gasteiger partial charge >= 0.3 is 0 Å². The number of ether oxygens (including phenoxy) is 1. The summed E-state index contributed by atoms with van der Waals surface area (Å²) in [5, 5.41) is 9.87. The fraction of sp³-hybridized carbons (Fsp3) is 0.364. The van der Waals surface area contributed by atoms with Gasteiger partial charge in [0, 0.05) is 13.1 Å². The minimum absolute atomic E-state index is 0.166. The first-order valence-electron chi connectivity index (χ1n) is 9.15. The van der Waals surface area contributed by atoms with E-state index in [0.717, 1.165) is 16.7 Å². The van der Waals surface area contributed by atoms with Gasteiger partial charge in [0.1, 0.15) is 10.5 Å². The van der Waals surface area contributed by atoms with Crippen molar-refractivity contribution in [2.45, 2.75) is 38.1 Å². The Balaban J connectivity index is 2.41. The van der Waals surface area contributed by atoms with Crippen LogP contribution in [0.15, 0.2) is 61.2 Å². The molecule has 2 aromatic rings. The molecule has 0 radical (unpaired) electrons. The maximum atomic E-state index is 13.5. The molecule has 152 valence electrons. The first-order valence-corrected chi connectivity index (χ1v) is 10.6. The van der Waals surface area contributed by atoms with E-state index in [0.29, 0.717) is 5.75 Å². The van der Waals surface area contributed by atoms with Crippen LogP contribution in [0, 0.1) is 6.92 Å². The molecule has 0 saturated carbocycles. The number of nitrogens with zero attached hydrogens (tertiary/aromatic N) is 1. The number of hydrogen-bond donors (Lipinski definition) is 1. The number of aliphatic hydroxyl groups excluding tert-OH is 1. The molecule has 0 aromatic heterocycles. The summed E-state index contributed by atoms with van der Waals surface area (Å²) in [5.74, 6) is 0.712. The second-order valence-corrected chi connectivity index (χ2v) is 9.66. The highest BCUT2D eigenvalue weighted by Gasteiger charge is 2.42. The van der Waals surface area contributed by atoms with E-state index in [1.54, 1.807) is 26.2 Å². The second-order valence-electron chi connectivity index (χ2n) is 7.21. The van der Waals surface area contributed by atoms with Crippen molar-refractivity contribution in [2.24, 2.45) is 0 Å². The van der Waals surface area contributed by atoms with E-state index >= 15 is 0 Å². The van der Waals surface area contributed by atoms with Crippen LogP contribution in [0.1, 0.15) is 30.0 Å². The van der Waals surface area contributed by atoms with Gasteiger partial charge in [0.05, 0.1) is 13.7 Å². The summed E-state index contributed by atoms with van der Waals surface area (Å²) in [4.78, 5) is 0. The van der Waals surface area contributed by atoms with Crippen LogP contribution in [0.2, 0.25) is 0 Å². The predicted octanol–water partition coefficient (Wildman–Crippen LogP) is 3.66. The van der Waals surface area contributed by atoms with Gasteiger partial charge in [-0.25, -0.2) is 8.42 Å². The molecule has 2 aromatic carbocycles. The maximum absolute atomic E-state index is 13.5. The highest BCUT2D eigenvalue weighted by Crippen LogP contribution is 2.29. The molecule has 1 N–H and O–H groups in total. The average molecular weight is 404 g/mol. The van der Waals surface area contributed by atoms with Gasteiger partial charge in [-0.2, -0.15) is 4.31 Å². The predicted molar refractivity (Wildman–Crippen MR) is 113 cm³/mol. The van der Waals surface area contributed by atoms with E-state index in [1.165, 1.54) is 10.4 Å². The van der Waals surface area contributed by atoms with Crippen molar-refractivity contribution in [2.75, 3.05) is 13.7 Å². The first kappa shape index (κ1) is 22.1. The monoisotopic (exact) mass is 403 g/mol. The number of rotatable bonds is 10. The largest absolute Gasteiger partial charge is 0.497 e. The summed E-state index contributed by atoms with van der Waals surface area (Å²) in [5.41, 5.74) is 2.84. The summed E-state index contributed by atoms with van der Waals surface area (Å²) in [6.07, 6.45) is 1.70. The molecule has 0 unspecified atom stereocenters. The molecule has 0 aliphatic carbocycles. The molecule has 0 saturated heterocycles. The minimum atomic E-state index is -3.82. The standard InChI is InChI=1S/C22H29NO4S/c1-5-14-22(3,17-24)28(25,26)23(15-19-8-6-18(2)7-9-19)16-20-10-12-21(27-4)13-11-20/h5-13,24H,1,14-17H2,2-4H3/t22-/m1/s1. The van der Waals surface area contributed by atoms with Gasteiger partial charge in [0.2, 0.25) is 10.0 Å². The van der Waals surface area contributed by atoms with Gasteiger partial charge in [-0.15, -0.1) is 6.58 Å². The van der Waals surface area contributed by atoms with Gasteiger partial charge in [-0.05, 0) is 43.5 Å². The van der Waals surface area contributed by atoms with Crippen LogP contribution >= 0.6 is 0 Å². The lowest BCUT2D eigenvalue weighted by atomic mass is 10.1. The van der Waals surface area contributed by atoms with Crippen molar-refractivity contribution >= 4 is 10.0 Å². The van der Waals surface area contributed by atoms with Gasteiger partial charge in [-0.1, -0.05) is 48.0 Å². The van der Waals surface area contributed by atoms with Crippen LogP contribution in [-0.4, -0.2) is 36.3 Å². The molecule has 0 amide bonds. The highest BCUT2D eigenvalue weighted by atomic mass is 32.2. The van der Waals surface area contributed by atoms with E-state index in [9.17, 15) is 13.5 Å². The highest BCUT2D eigenvalue weighted by molar-refractivity contribution is 7.90. The second kappa shape index (κ2) is 9.37. The first-order chi connectivity index (χ1) is 13.3. The van der Waals surface area contributed by atoms with Crippen molar-refractivity contribution in [3.8, 4) is 5.75 Å². The molecular weight excluding hydrogens is 374 g/mol. The molecule has 0 aliphatic heterocycles. The quantitative estimate of drug-likeness (QED) is 0.615. The number of benzene rings is 2. The minimum Gasteiger partial charge on any atom is -0.497 e. The third kappa shape index (κ3) is 5.01. The molecule has 0 bridgehead atoms. The summed E-state index contributed by atoms with van der Waals surface area (Å²) in [6, 6.07) is 15.1. The molecule has 0 spiro atoms. The van der Waals surface area contributed by atoms with Gasteiger partial charge < -0.3 is 9.84 Å². The summed E-state index contributed by atoms with van der Waals surface area (Å²) < 4.78 is 32.2. The van der Waals surface area contributed by atoms with E-state index in [4.69, 9.17) is 4.74 Å². The third-order valence-electron chi connectivity index (χ3n) is 4.87. The van der Waals surface area contributed by atoms with Crippen molar-refractivity contribution in [3.05, 3.63) is 77.9 Å². The zero-order valence-corrected chi connectivity index (χ0v) is 17.6. The summed E-state index contributed by atoms with van der Waals surface area (Å²) >= 11 is 0. The molecule has 0 heterocycles. The number of sulfonamides is 1. The number of aliphatic hydroxyl groups is 1. The van der Waals surface area contributed by atoms with Gasteiger partial charge in [-0.3, -0.25) is 0 Å². The van der Waals surface area contributed by atoms with Crippen LogP contribution < -0.4 is 4.74 Å². The Morgan fingerprint density at radius 1 is 1.07 bits per heavy atom. The van der Waals surface area contributed by atoms with E-state index in [2.05, 4.69) is 6.58 Å². The van der Waals surface area contributed by atoms with Crippen LogP contribution in [0.25, 0.3) is 0 Å². The van der Waals surface area contributed by atoms with Crippen LogP contribution in [-0.2, 0) is 23.1 Å². The number of methoxy groups -OCH3 is 1. The molecule has 0 aliphatic rings. The number of aryl methyl sites for hydroxylation is 1. The number of allylic oxidation sites excluding steroid dienone is 1. The maximum Gasteiger partial charge on any atom is 0.222 e. The molecule has 28 heavy (non-hydrogen) atoms. The SMILES string of the molecule is C=CC[C@](C)(CO)S(=O)(=O)N(Cc1ccc(C)cc1)Cc1ccc(OC)cc1. The van der Waals surface area contributed by atoms with Crippen LogP contribution in [0.4, 0.5) is 0 Å². The van der Waals surface area contributed by atoms with E-state index < -0.39 is 21.4 Å². The fourth-order valence-electron chi connectivity index (χ4n) is 2.93. The third-order valence-corrected chi connectivity index (χ3v) is 7.35. The zero-order chi connectivity index (χ0) is 20.8. The van der Waals surface area contributed by atoms with Crippen molar-refractivity contribution in [1.82, 2.24) is 4.31 Å². The van der Waals surface area contributed by atoms with Crippen LogP contribution in [0.3, 0.4) is 0 Å². The van der Waals surface area contributed by atoms with E-state index in [-0.39, 0.29) is 19.5 Å². The molecule has 2 rings (SSSR count). The fourth-order valence-corrected chi connectivity index (χ4v) is 4.68. The average Bonchev–Trinajstić information content (AvgIpc) is 2.69. The number of hydrogen-bond acceptors (Lipinski definition) is 4. The lowest BCUT2D eigenvalue weighted by Crippen LogP contribution is -2.48. The molecule has 6 heteroatoms. The summed E-state index contributed by atoms with van der Waals surface area (Å²) in [6.45, 7) is 7.15. The normalized spacial score (nSPS) is 13.9. The van der Waals surface area contributed by atoms with Crippen LogP contribution in [0.5, 0.6) is 5.75 Å². The molecule has 5 nitrogen and oxygen atoms in total. The molecular formula is C22H29NO4S. The summed E-state index contributed by atoms with van der Waals surface area (Å²) in [7, 11) is -2.23.